The lowest BCUT2D eigenvalue weighted by Crippen LogP contribution is -2.60. The molecule has 5 rings (SSSR count). The average Bonchev–Trinajstić information content (AvgIpc) is 3.03. The average molecular weight is 364 g/mol. The van der Waals surface area contributed by atoms with Crippen molar-refractivity contribution in [3.8, 4) is 0 Å². The SMILES string of the molecule is CC1CC2(C1)CN(C)C2.CC1CC2(CCN(C)C2)C1.CC1CCN(C)C1. The van der Waals surface area contributed by atoms with E-state index in [9.17, 15) is 0 Å². The first kappa shape index (κ1) is 20.6. The van der Waals surface area contributed by atoms with Gasteiger partial charge in [0.15, 0.2) is 0 Å². The molecule has 26 heavy (non-hydrogen) atoms. The molecule has 3 aliphatic heterocycles. The van der Waals surface area contributed by atoms with Crippen molar-refractivity contribution in [2.75, 3.05) is 60.4 Å². The second kappa shape index (κ2) is 8.09. The third-order valence-corrected chi connectivity index (χ3v) is 7.59. The van der Waals surface area contributed by atoms with Crippen LogP contribution in [0.2, 0.25) is 0 Å². The van der Waals surface area contributed by atoms with E-state index in [0.717, 1.165) is 28.6 Å². The smallest absolute Gasteiger partial charge is 0.00476 e. The Morgan fingerprint density at radius 1 is 0.615 bits per heavy atom. The molecule has 3 heteroatoms. The first-order chi connectivity index (χ1) is 12.2. The zero-order valence-electron chi connectivity index (χ0n) is 18.6. The highest BCUT2D eigenvalue weighted by Crippen LogP contribution is 2.51. The fraction of sp³-hybridized carbons (Fsp3) is 1.00. The van der Waals surface area contributed by atoms with E-state index < -0.39 is 0 Å². The Morgan fingerprint density at radius 2 is 1.15 bits per heavy atom. The van der Waals surface area contributed by atoms with Gasteiger partial charge in [-0.15, -0.1) is 0 Å². The van der Waals surface area contributed by atoms with Crippen LogP contribution in [0.25, 0.3) is 0 Å². The van der Waals surface area contributed by atoms with Crippen LogP contribution in [-0.2, 0) is 0 Å². The van der Waals surface area contributed by atoms with Crippen LogP contribution < -0.4 is 0 Å². The van der Waals surface area contributed by atoms with Gasteiger partial charge >= 0.3 is 0 Å². The van der Waals surface area contributed by atoms with Gasteiger partial charge < -0.3 is 14.7 Å². The molecule has 2 spiro atoms. The van der Waals surface area contributed by atoms with Crippen molar-refractivity contribution in [3.63, 3.8) is 0 Å². The molecule has 2 saturated carbocycles. The van der Waals surface area contributed by atoms with Crippen LogP contribution >= 0.6 is 0 Å². The summed E-state index contributed by atoms with van der Waals surface area (Å²) in [6, 6.07) is 0. The Kier molecular flexibility index (Phi) is 6.41. The summed E-state index contributed by atoms with van der Waals surface area (Å²) in [5.41, 5.74) is 1.60. The Labute approximate surface area is 163 Å². The molecule has 1 atom stereocenters. The van der Waals surface area contributed by atoms with Crippen molar-refractivity contribution in [2.24, 2.45) is 28.6 Å². The molecule has 0 aromatic rings. The lowest BCUT2D eigenvalue weighted by atomic mass is 9.58. The minimum absolute atomic E-state index is 0.786. The fourth-order valence-corrected chi connectivity index (χ4v) is 6.84. The third kappa shape index (κ3) is 5.02. The van der Waals surface area contributed by atoms with Gasteiger partial charge in [0.05, 0.1) is 0 Å². The summed E-state index contributed by atoms with van der Waals surface area (Å²) in [6.45, 7) is 15.1. The molecule has 0 bridgehead atoms. The summed E-state index contributed by atoms with van der Waals surface area (Å²) < 4.78 is 0. The molecular weight excluding hydrogens is 318 g/mol. The molecule has 3 nitrogen and oxygen atoms in total. The summed E-state index contributed by atoms with van der Waals surface area (Å²) in [7, 11) is 6.65. The van der Waals surface area contributed by atoms with Gasteiger partial charge in [-0.1, -0.05) is 20.8 Å². The van der Waals surface area contributed by atoms with E-state index in [4.69, 9.17) is 0 Å². The van der Waals surface area contributed by atoms with Gasteiger partial charge in [-0.25, -0.2) is 0 Å². The van der Waals surface area contributed by atoms with Crippen LogP contribution in [0.1, 0.15) is 59.3 Å². The predicted octanol–water partition coefficient (Wildman–Crippen LogP) is 4.04. The standard InChI is InChI=1S/C9H17N.C8H15N.C6H13N/c1-8-5-9(6-8)3-4-10(2)7-9;1-7-3-8(4-7)5-9(2)6-8;1-6-3-4-7(2)5-6/h8H,3-7H2,1-2H3;7H,3-6H2,1-2H3;6H,3-5H2,1-2H3. The first-order valence-corrected chi connectivity index (χ1v) is 11.2. The molecule has 3 heterocycles. The molecule has 3 saturated heterocycles. The van der Waals surface area contributed by atoms with Crippen molar-refractivity contribution in [3.05, 3.63) is 0 Å². The molecule has 0 aromatic heterocycles. The highest BCUT2D eigenvalue weighted by Gasteiger charge is 2.49. The highest BCUT2D eigenvalue weighted by atomic mass is 15.2. The van der Waals surface area contributed by atoms with E-state index in [2.05, 4.69) is 56.6 Å². The maximum absolute atomic E-state index is 2.48. The Balaban J connectivity index is 0.000000115. The van der Waals surface area contributed by atoms with Crippen molar-refractivity contribution >= 4 is 0 Å². The van der Waals surface area contributed by atoms with Gasteiger partial charge in [0.25, 0.3) is 0 Å². The second-order valence-electron chi connectivity index (χ2n) is 11.3. The molecule has 0 amide bonds. The third-order valence-electron chi connectivity index (χ3n) is 7.59. The molecule has 1 unspecified atom stereocenters. The van der Waals surface area contributed by atoms with Crippen molar-refractivity contribution in [2.45, 2.75) is 59.3 Å². The van der Waals surface area contributed by atoms with Gasteiger partial charge in [0.1, 0.15) is 0 Å². The topological polar surface area (TPSA) is 9.72 Å². The molecule has 5 aliphatic rings. The molecule has 0 aromatic carbocycles. The van der Waals surface area contributed by atoms with Crippen LogP contribution in [0.3, 0.4) is 0 Å². The van der Waals surface area contributed by atoms with Gasteiger partial charge in [-0.2, -0.15) is 0 Å². The molecule has 0 radical (unpaired) electrons. The van der Waals surface area contributed by atoms with Crippen molar-refractivity contribution < 1.29 is 0 Å². The predicted molar refractivity (Wildman–Crippen MR) is 113 cm³/mol. The highest BCUT2D eigenvalue weighted by molar-refractivity contribution is 5.01. The fourth-order valence-electron chi connectivity index (χ4n) is 6.84. The van der Waals surface area contributed by atoms with Crippen molar-refractivity contribution in [1.29, 1.82) is 0 Å². The van der Waals surface area contributed by atoms with Crippen molar-refractivity contribution in [1.82, 2.24) is 14.7 Å². The van der Waals surface area contributed by atoms with Crippen LogP contribution in [0.5, 0.6) is 0 Å². The van der Waals surface area contributed by atoms with E-state index in [1.807, 2.05) is 0 Å². The molecule has 2 aliphatic carbocycles. The maximum atomic E-state index is 2.48. The molecule has 152 valence electrons. The minimum atomic E-state index is 0.786. The summed E-state index contributed by atoms with van der Waals surface area (Å²) in [5.74, 6) is 3.00. The van der Waals surface area contributed by atoms with E-state index in [1.165, 1.54) is 77.8 Å². The number of hydrogen-bond donors (Lipinski definition) is 0. The van der Waals surface area contributed by atoms with E-state index in [0.29, 0.717) is 0 Å². The minimum Gasteiger partial charge on any atom is -0.306 e. The van der Waals surface area contributed by atoms with E-state index in [-0.39, 0.29) is 0 Å². The number of nitrogens with zero attached hydrogens (tertiary/aromatic N) is 3. The van der Waals surface area contributed by atoms with E-state index >= 15 is 0 Å². The number of hydrogen-bond acceptors (Lipinski definition) is 3. The quantitative estimate of drug-likeness (QED) is 0.643. The van der Waals surface area contributed by atoms with Crippen LogP contribution in [0.15, 0.2) is 0 Å². The lowest BCUT2D eigenvalue weighted by Gasteiger charge is -2.57. The van der Waals surface area contributed by atoms with Crippen LogP contribution in [-0.4, -0.2) is 75.1 Å². The van der Waals surface area contributed by atoms with Gasteiger partial charge in [-0.05, 0) is 101 Å². The van der Waals surface area contributed by atoms with E-state index in [1.54, 1.807) is 0 Å². The van der Waals surface area contributed by atoms with Gasteiger partial charge in [-0.3, -0.25) is 0 Å². The number of rotatable bonds is 0. The Morgan fingerprint density at radius 3 is 1.46 bits per heavy atom. The summed E-state index contributed by atoms with van der Waals surface area (Å²) in [4.78, 5) is 7.28. The summed E-state index contributed by atoms with van der Waals surface area (Å²) in [5, 5.41) is 0. The molecule has 5 fully saturated rings. The molecular formula is C23H45N3. The van der Waals surface area contributed by atoms with Gasteiger partial charge in [0, 0.05) is 26.2 Å². The monoisotopic (exact) mass is 363 g/mol. The lowest BCUT2D eigenvalue weighted by molar-refractivity contribution is -0.0758. The molecule has 0 N–H and O–H groups in total. The van der Waals surface area contributed by atoms with Crippen LogP contribution in [0, 0.1) is 28.6 Å². The van der Waals surface area contributed by atoms with Crippen LogP contribution in [0.4, 0.5) is 0 Å². The zero-order chi connectivity index (χ0) is 18.9. The summed E-state index contributed by atoms with van der Waals surface area (Å²) in [6.07, 6.45) is 8.85. The largest absolute Gasteiger partial charge is 0.306 e. The number of likely N-dealkylation sites (tertiary alicyclic amines) is 3. The second-order valence-corrected chi connectivity index (χ2v) is 11.3. The zero-order valence-corrected chi connectivity index (χ0v) is 18.6. The summed E-state index contributed by atoms with van der Waals surface area (Å²) >= 11 is 0. The first-order valence-electron chi connectivity index (χ1n) is 11.2. The Hall–Kier alpha value is -0.120. The Bertz CT molecular complexity index is 411. The maximum Gasteiger partial charge on any atom is 0.00476 e. The normalized spacial score (nSPS) is 35.8. The van der Waals surface area contributed by atoms with Gasteiger partial charge in [0.2, 0.25) is 0 Å².